The molecular formula is C31H43N5O8S. The monoisotopic (exact) mass is 645 g/mol. The van der Waals surface area contributed by atoms with Crippen LogP contribution < -0.4 is 0 Å². The minimum atomic E-state index is -1.43. The summed E-state index contributed by atoms with van der Waals surface area (Å²) in [6.45, 7) is 13.2. The van der Waals surface area contributed by atoms with Crippen LogP contribution in [0.4, 0.5) is 19.2 Å². The molecule has 0 radical (unpaired) electrons. The molecule has 2 aromatic heterocycles. The molecule has 14 heteroatoms. The van der Waals surface area contributed by atoms with Crippen LogP contribution in [0.2, 0.25) is 0 Å². The van der Waals surface area contributed by atoms with Gasteiger partial charge in [-0.1, -0.05) is 12.1 Å². The van der Waals surface area contributed by atoms with E-state index in [9.17, 15) is 39.6 Å². The quantitative estimate of drug-likeness (QED) is 0.155. The van der Waals surface area contributed by atoms with Crippen LogP contribution >= 0.6 is 11.3 Å². The maximum Gasteiger partial charge on any atom is 0.409 e. The van der Waals surface area contributed by atoms with Gasteiger partial charge < -0.3 is 24.8 Å². The summed E-state index contributed by atoms with van der Waals surface area (Å²) < 4.78 is 2.84. The fourth-order valence-electron chi connectivity index (χ4n) is 6.31. The molecule has 1 aliphatic carbocycles. The minimum absolute atomic E-state index is 0.0809. The number of hydrogen-bond donors (Lipinski definition) is 4. The van der Waals surface area contributed by atoms with E-state index in [1.54, 1.807) is 55.4 Å². The number of benzene rings is 1. The molecule has 0 spiro atoms. The summed E-state index contributed by atoms with van der Waals surface area (Å²) >= 11 is 1.34. The Morgan fingerprint density at radius 1 is 0.667 bits per heavy atom. The van der Waals surface area contributed by atoms with Crippen molar-refractivity contribution in [3.05, 3.63) is 41.1 Å². The van der Waals surface area contributed by atoms with Crippen LogP contribution in [-0.2, 0) is 0 Å². The van der Waals surface area contributed by atoms with E-state index in [0.717, 1.165) is 42.7 Å². The van der Waals surface area contributed by atoms with E-state index in [1.807, 2.05) is 28.7 Å². The Labute approximate surface area is 265 Å². The zero-order chi connectivity index (χ0) is 33.7. The molecule has 3 aromatic rings. The molecule has 4 rings (SSSR count). The maximum atomic E-state index is 13.0. The second-order valence-corrected chi connectivity index (χ2v) is 13.6. The number of para-hydroxylation sites is 1. The molecule has 1 aromatic carbocycles. The van der Waals surface area contributed by atoms with E-state index in [2.05, 4.69) is 0 Å². The summed E-state index contributed by atoms with van der Waals surface area (Å²) in [5, 5.41) is 42.5. The number of rotatable bonds is 11. The maximum absolute atomic E-state index is 13.0. The molecule has 45 heavy (non-hydrogen) atoms. The highest BCUT2D eigenvalue weighted by Crippen LogP contribution is 2.53. The molecule has 0 saturated heterocycles. The number of aromatic nitrogens is 1. The van der Waals surface area contributed by atoms with Crippen LogP contribution in [-0.4, -0.2) is 93.0 Å². The summed E-state index contributed by atoms with van der Waals surface area (Å²) in [4.78, 5) is 57.0. The number of amides is 4. The van der Waals surface area contributed by atoms with Gasteiger partial charge in [0.1, 0.15) is 17.2 Å². The van der Waals surface area contributed by atoms with Crippen LogP contribution in [0.25, 0.3) is 15.0 Å². The summed E-state index contributed by atoms with van der Waals surface area (Å²) in [6.07, 6.45) is -6.78. The Bertz CT molecular complexity index is 1560. The van der Waals surface area contributed by atoms with Crippen molar-refractivity contribution in [1.29, 1.82) is 0 Å². The van der Waals surface area contributed by atoms with Gasteiger partial charge in [-0.15, -0.1) is 11.3 Å². The number of thiazole rings is 1. The Kier molecular flexibility index (Phi) is 9.48. The average Bonchev–Trinajstić information content (AvgIpc) is 3.59. The Balaban J connectivity index is 2.35. The fraction of sp³-hybridized carbons (Fsp3) is 0.548. The third kappa shape index (κ3) is 5.95. The van der Waals surface area contributed by atoms with Gasteiger partial charge in [0.15, 0.2) is 0 Å². The van der Waals surface area contributed by atoms with Gasteiger partial charge in [-0.05, 0) is 80.4 Å². The van der Waals surface area contributed by atoms with Crippen LogP contribution in [0.3, 0.4) is 0 Å². The van der Waals surface area contributed by atoms with Crippen LogP contribution in [0.15, 0.2) is 24.3 Å². The molecular weight excluding hydrogens is 602 g/mol. The first-order valence-electron chi connectivity index (χ1n) is 15.1. The zero-order valence-corrected chi connectivity index (χ0v) is 27.6. The first-order valence-corrected chi connectivity index (χ1v) is 15.9. The van der Waals surface area contributed by atoms with Crippen LogP contribution in [0.1, 0.15) is 103 Å². The van der Waals surface area contributed by atoms with Gasteiger partial charge in [0.25, 0.3) is 0 Å². The Morgan fingerprint density at radius 2 is 1.04 bits per heavy atom. The van der Waals surface area contributed by atoms with Crippen molar-refractivity contribution in [3.8, 4) is 0 Å². The molecule has 4 N–H and O–H groups in total. The van der Waals surface area contributed by atoms with Crippen molar-refractivity contribution >= 4 is 50.8 Å². The van der Waals surface area contributed by atoms with Gasteiger partial charge in [0.05, 0.1) is 10.2 Å². The van der Waals surface area contributed by atoms with Crippen molar-refractivity contribution in [2.24, 2.45) is 0 Å². The van der Waals surface area contributed by atoms with Gasteiger partial charge in [0, 0.05) is 46.9 Å². The molecule has 246 valence electrons. The summed E-state index contributed by atoms with van der Waals surface area (Å²) in [5.41, 5.74) is 2.05. The molecule has 0 unspecified atom stereocenters. The summed E-state index contributed by atoms with van der Waals surface area (Å²) in [6, 6.07) is 4.79. The third-order valence-corrected chi connectivity index (χ3v) is 9.36. The van der Waals surface area contributed by atoms with E-state index in [4.69, 9.17) is 0 Å². The summed E-state index contributed by atoms with van der Waals surface area (Å²) in [5.74, 6) is -0.0809. The molecule has 1 fully saturated rings. The lowest BCUT2D eigenvalue weighted by atomic mass is 9.97. The number of nitrogens with zero attached hydrogens (tertiary/aromatic N) is 5. The predicted octanol–water partition coefficient (Wildman–Crippen LogP) is 7.58. The van der Waals surface area contributed by atoms with Crippen LogP contribution in [0.5, 0.6) is 0 Å². The lowest BCUT2D eigenvalue weighted by molar-refractivity contribution is 0.00319. The highest BCUT2D eigenvalue weighted by molar-refractivity contribution is 7.24. The highest BCUT2D eigenvalue weighted by atomic mass is 32.1. The van der Waals surface area contributed by atoms with Crippen LogP contribution in [0, 0.1) is 0 Å². The van der Waals surface area contributed by atoms with Gasteiger partial charge in [0.2, 0.25) is 0 Å². The Morgan fingerprint density at radius 3 is 1.40 bits per heavy atom. The molecule has 2 heterocycles. The molecule has 1 aliphatic rings. The number of fused-ring (bicyclic) bond motifs is 3. The normalized spacial score (nSPS) is 13.6. The van der Waals surface area contributed by atoms with Gasteiger partial charge in [-0.2, -0.15) is 0 Å². The SMILES string of the molecule is CC(C)N(C(=O)O)C(c1c(C(N(C(=O)O)C(C)C)N(C(=O)O)C(C)C)c2sc3ccccc3n2c1C1CC1)N(C(=O)O)C(C)C. The van der Waals surface area contributed by atoms with E-state index in [1.165, 1.54) is 11.3 Å². The molecule has 0 atom stereocenters. The first-order chi connectivity index (χ1) is 21.0. The van der Waals surface area contributed by atoms with E-state index in [0.29, 0.717) is 16.1 Å². The largest absolute Gasteiger partial charge is 0.465 e. The molecule has 0 bridgehead atoms. The second kappa shape index (κ2) is 12.7. The molecule has 13 nitrogen and oxygen atoms in total. The first kappa shape index (κ1) is 33.7. The van der Waals surface area contributed by atoms with E-state index < -0.39 is 60.9 Å². The second-order valence-electron chi connectivity index (χ2n) is 12.6. The molecule has 1 saturated carbocycles. The van der Waals surface area contributed by atoms with Crippen molar-refractivity contribution in [2.45, 2.75) is 111 Å². The van der Waals surface area contributed by atoms with E-state index in [-0.39, 0.29) is 11.5 Å². The number of carbonyl (C=O) groups is 4. The van der Waals surface area contributed by atoms with Crippen molar-refractivity contribution in [2.75, 3.05) is 0 Å². The zero-order valence-electron chi connectivity index (χ0n) is 26.8. The third-order valence-electron chi connectivity index (χ3n) is 8.20. The Hall–Kier alpha value is -4.20. The topological polar surface area (TPSA) is 167 Å². The molecule has 0 aliphatic heterocycles. The standard InChI is InChI=1S/C31H43N5O8S/c1-15(2)32(28(37)38)25(33(16(3)4)29(39)40)22-23(26(34(17(5)6)30(41)42)35(18(7)8)31(43)44)27-36(24(22)19-13-14-19)20-11-9-10-12-21(20)45-27/h9-12,15-19,25-26H,13-14H2,1-8H3,(H,37,38)(H,39,40)(H,41,42)(H,43,44). The fourth-order valence-corrected chi connectivity index (χ4v) is 7.54. The minimum Gasteiger partial charge on any atom is -0.465 e. The van der Waals surface area contributed by atoms with Gasteiger partial charge >= 0.3 is 24.4 Å². The van der Waals surface area contributed by atoms with E-state index >= 15 is 0 Å². The predicted molar refractivity (Wildman–Crippen MR) is 170 cm³/mol. The lowest BCUT2D eigenvalue weighted by Gasteiger charge is -2.44. The average molecular weight is 646 g/mol. The van der Waals surface area contributed by atoms with Crippen molar-refractivity contribution in [3.63, 3.8) is 0 Å². The molecule has 4 amide bonds. The van der Waals surface area contributed by atoms with Gasteiger partial charge in [-0.25, -0.2) is 19.2 Å². The summed E-state index contributed by atoms with van der Waals surface area (Å²) in [7, 11) is 0. The van der Waals surface area contributed by atoms with Crippen molar-refractivity contribution < 1.29 is 39.6 Å². The number of carboxylic acid groups (broad SMARTS) is 4. The van der Waals surface area contributed by atoms with Gasteiger partial charge in [-0.3, -0.25) is 19.6 Å². The lowest BCUT2D eigenvalue weighted by Crippen LogP contribution is -2.54. The highest BCUT2D eigenvalue weighted by Gasteiger charge is 2.49. The number of hydrogen-bond acceptors (Lipinski definition) is 5. The van der Waals surface area contributed by atoms with Crippen molar-refractivity contribution in [1.82, 2.24) is 24.0 Å². The smallest absolute Gasteiger partial charge is 0.409 e.